The van der Waals surface area contributed by atoms with Crippen LogP contribution in [-0.2, 0) is 20.7 Å². The molecule has 1 N–H and O–H groups in total. The molecule has 148 valence electrons. The number of rotatable bonds is 5. The Hall–Kier alpha value is -2.18. The molecule has 0 unspecified atom stereocenters. The van der Waals surface area contributed by atoms with Gasteiger partial charge >= 0.3 is 0 Å². The third-order valence-corrected chi connectivity index (χ3v) is 6.82. The van der Waals surface area contributed by atoms with Gasteiger partial charge in [0.1, 0.15) is 6.10 Å². The molecule has 2 aliphatic rings. The average molecular weight is 399 g/mol. The zero-order chi connectivity index (χ0) is 19.6. The van der Waals surface area contributed by atoms with Crippen LogP contribution in [0.4, 0.5) is 0 Å². The lowest BCUT2D eigenvalue weighted by molar-refractivity contribution is -0.140. The van der Waals surface area contributed by atoms with Crippen molar-refractivity contribution in [3.05, 3.63) is 47.3 Å². The van der Waals surface area contributed by atoms with Gasteiger partial charge in [0, 0.05) is 31.6 Å². The van der Waals surface area contributed by atoms with E-state index in [2.05, 4.69) is 28.9 Å². The number of nitrogens with zero attached hydrogens (tertiary/aromatic N) is 1. The molecule has 2 aliphatic heterocycles. The maximum Gasteiger partial charge on any atom is 0.251 e. The second-order valence-corrected chi connectivity index (χ2v) is 8.63. The summed E-state index contributed by atoms with van der Waals surface area (Å²) in [5.41, 5.74) is 1.72. The van der Waals surface area contributed by atoms with Crippen LogP contribution in [0.3, 0.4) is 0 Å². The van der Waals surface area contributed by atoms with Gasteiger partial charge in [-0.3, -0.25) is 9.59 Å². The number of hydrogen-bond acceptors (Lipinski definition) is 4. The molecule has 6 heteroatoms. The van der Waals surface area contributed by atoms with Gasteiger partial charge in [-0.25, -0.2) is 0 Å². The molecule has 0 radical (unpaired) electrons. The first-order valence-electron chi connectivity index (χ1n) is 9.87. The van der Waals surface area contributed by atoms with Gasteiger partial charge in [-0.2, -0.15) is 0 Å². The summed E-state index contributed by atoms with van der Waals surface area (Å²) in [7, 11) is 1.68. The number of hydrogen-bond donors (Lipinski definition) is 1. The summed E-state index contributed by atoms with van der Waals surface area (Å²) in [6.45, 7) is 1.70. The number of nitrogens with one attached hydrogen (secondary N) is 1. The Morgan fingerprint density at radius 2 is 2.14 bits per heavy atom. The van der Waals surface area contributed by atoms with E-state index in [-0.39, 0.29) is 17.9 Å². The van der Waals surface area contributed by atoms with Gasteiger partial charge in [-0.15, -0.1) is 11.3 Å². The Balaban J connectivity index is 1.60. The summed E-state index contributed by atoms with van der Waals surface area (Å²) >= 11 is 1.70. The van der Waals surface area contributed by atoms with Crippen molar-refractivity contribution in [1.82, 2.24) is 10.2 Å². The van der Waals surface area contributed by atoms with Crippen molar-refractivity contribution in [2.75, 3.05) is 26.7 Å². The van der Waals surface area contributed by atoms with Crippen molar-refractivity contribution in [3.8, 4) is 10.4 Å². The minimum Gasteiger partial charge on any atom is -0.368 e. The third-order valence-electron chi connectivity index (χ3n) is 5.91. The Bertz CT molecular complexity index is 845. The maximum atomic E-state index is 12.9. The molecule has 3 heterocycles. The number of amides is 2. The second kappa shape index (κ2) is 8.05. The molecule has 2 amide bonds. The minimum atomic E-state index is -0.601. The van der Waals surface area contributed by atoms with Crippen LogP contribution in [0.1, 0.15) is 24.8 Å². The van der Waals surface area contributed by atoms with Crippen molar-refractivity contribution in [2.24, 2.45) is 5.41 Å². The number of thiophene rings is 1. The lowest BCUT2D eigenvalue weighted by Crippen LogP contribution is -2.45. The standard InChI is InChI=1S/C22H26N2O3S/c1-23-21(26)22(10-11-24(15-22)20(25)18-8-4-12-27-18)14-16-6-2-3-7-17(16)19-9-5-13-28-19/h2-3,5-7,9,13,18H,4,8,10-12,14-15H2,1H3,(H,23,26)/t18-,22-/m1/s1. The van der Waals surface area contributed by atoms with Crippen LogP contribution in [-0.4, -0.2) is 49.6 Å². The smallest absolute Gasteiger partial charge is 0.251 e. The normalized spacial score (nSPS) is 24.5. The minimum absolute atomic E-state index is 0.0103. The topological polar surface area (TPSA) is 58.6 Å². The zero-order valence-corrected chi connectivity index (χ0v) is 17.0. The highest BCUT2D eigenvalue weighted by atomic mass is 32.1. The molecule has 1 aromatic heterocycles. The van der Waals surface area contributed by atoms with Crippen LogP contribution in [0.5, 0.6) is 0 Å². The predicted molar refractivity (Wildman–Crippen MR) is 110 cm³/mol. The molecule has 0 aliphatic carbocycles. The number of carbonyl (C=O) groups is 2. The summed E-state index contributed by atoms with van der Waals surface area (Å²) in [5.74, 6) is 0.0472. The summed E-state index contributed by atoms with van der Waals surface area (Å²) in [4.78, 5) is 28.8. The summed E-state index contributed by atoms with van der Waals surface area (Å²) < 4.78 is 5.58. The van der Waals surface area contributed by atoms with Crippen molar-refractivity contribution in [3.63, 3.8) is 0 Å². The van der Waals surface area contributed by atoms with E-state index in [4.69, 9.17) is 4.74 Å². The highest BCUT2D eigenvalue weighted by Crippen LogP contribution is 2.39. The van der Waals surface area contributed by atoms with Gasteiger partial charge < -0.3 is 15.0 Å². The first-order chi connectivity index (χ1) is 13.6. The van der Waals surface area contributed by atoms with Crippen molar-refractivity contribution in [2.45, 2.75) is 31.8 Å². The van der Waals surface area contributed by atoms with Gasteiger partial charge in [0.05, 0.1) is 5.41 Å². The SMILES string of the molecule is CNC(=O)[C@@]1(Cc2ccccc2-c2cccs2)CCN(C(=O)[C@H]2CCCO2)C1. The van der Waals surface area contributed by atoms with Crippen LogP contribution in [0.2, 0.25) is 0 Å². The van der Waals surface area contributed by atoms with Crippen molar-refractivity contribution >= 4 is 23.2 Å². The van der Waals surface area contributed by atoms with E-state index in [1.54, 1.807) is 18.4 Å². The molecular weight excluding hydrogens is 372 g/mol. The zero-order valence-electron chi connectivity index (χ0n) is 16.1. The second-order valence-electron chi connectivity index (χ2n) is 7.68. The molecule has 0 bridgehead atoms. The highest BCUT2D eigenvalue weighted by Gasteiger charge is 2.47. The largest absolute Gasteiger partial charge is 0.368 e. The van der Waals surface area contributed by atoms with Gasteiger partial charge in [0.2, 0.25) is 5.91 Å². The molecule has 0 spiro atoms. The molecule has 2 atom stereocenters. The van der Waals surface area contributed by atoms with E-state index in [9.17, 15) is 9.59 Å². The quantitative estimate of drug-likeness (QED) is 0.842. The number of ether oxygens (including phenoxy) is 1. The van der Waals surface area contributed by atoms with E-state index in [0.717, 1.165) is 18.4 Å². The molecule has 5 nitrogen and oxygen atoms in total. The fourth-order valence-electron chi connectivity index (χ4n) is 4.42. The molecular formula is C22H26N2O3S. The molecule has 2 saturated heterocycles. The summed E-state index contributed by atoms with van der Waals surface area (Å²) in [5, 5.41) is 4.91. The Morgan fingerprint density at radius 3 is 2.86 bits per heavy atom. The van der Waals surface area contributed by atoms with Crippen LogP contribution >= 0.6 is 11.3 Å². The van der Waals surface area contributed by atoms with Gasteiger partial charge in [-0.1, -0.05) is 30.3 Å². The Kier molecular flexibility index (Phi) is 5.51. The average Bonchev–Trinajstić information content (AvgIpc) is 3.49. The molecule has 2 aromatic rings. The predicted octanol–water partition coefficient (Wildman–Crippen LogP) is 3.10. The number of likely N-dealkylation sites (tertiary alicyclic amines) is 1. The number of benzene rings is 1. The first kappa shape index (κ1) is 19.2. The van der Waals surface area contributed by atoms with E-state index < -0.39 is 5.41 Å². The molecule has 0 saturated carbocycles. The van der Waals surface area contributed by atoms with Crippen molar-refractivity contribution in [1.29, 1.82) is 0 Å². The summed E-state index contributed by atoms with van der Waals surface area (Å²) in [6, 6.07) is 12.4. The van der Waals surface area contributed by atoms with E-state index in [1.807, 2.05) is 23.1 Å². The van der Waals surface area contributed by atoms with Gasteiger partial charge in [-0.05, 0) is 48.3 Å². The molecule has 2 fully saturated rings. The molecule has 28 heavy (non-hydrogen) atoms. The molecule has 1 aromatic carbocycles. The fourth-order valence-corrected chi connectivity index (χ4v) is 5.21. The number of carbonyl (C=O) groups excluding carboxylic acids is 2. The Morgan fingerprint density at radius 1 is 1.29 bits per heavy atom. The van der Waals surface area contributed by atoms with Crippen LogP contribution in [0, 0.1) is 5.41 Å². The highest BCUT2D eigenvalue weighted by molar-refractivity contribution is 7.13. The van der Waals surface area contributed by atoms with Gasteiger partial charge in [0.25, 0.3) is 5.91 Å². The maximum absolute atomic E-state index is 12.9. The van der Waals surface area contributed by atoms with Crippen LogP contribution in [0.25, 0.3) is 10.4 Å². The lowest BCUT2D eigenvalue weighted by atomic mass is 9.78. The Labute approximate surface area is 169 Å². The fraction of sp³-hybridized carbons (Fsp3) is 0.455. The third kappa shape index (κ3) is 3.59. The lowest BCUT2D eigenvalue weighted by Gasteiger charge is -2.29. The monoisotopic (exact) mass is 398 g/mol. The summed E-state index contributed by atoms with van der Waals surface area (Å²) in [6.07, 6.45) is 2.67. The molecule has 4 rings (SSSR count). The van der Waals surface area contributed by atoms with E-state index in [0.29, 0.717) is 32.5 Å². The van der Waals surface area contributed by atoms with Crippen molar-refractivity contribution < 1.29 is 14.3 Å². The van der Waals surface area contributed by atoms with Gasteiger partial charge in [0.15, 0.2) is 0 Å². The van der Waals surface area contributed by atoms with Crippen LogP contribution < -0.4 is 5.32 Å². The van der Waals surface area contributed by atoms with Crippen LogP contribution in [0.15, 0.2) is 41.8 Å². The first-order valence-corrected chi connectivity index (χ1v) is 10.8. The van der Waals surface area contributed by atoms with E-state index >= 15 is 0 Å². The van der Waals surface area contributed by atoms with E-state index in [1.165, 1.54) is 10.4 Å².